The Morgan fingerprint density at radius 2 is 2.33 bits per heavy atom. The van der Waals surface area contributed by atoms with Crippen LogP contribution in [0.15, 0.2) is 18.2 Å². The van der Waals surface area contributed by atoms with E-state index in [1.54, 1.807) is 6.07 Å². The average Bonchev–Trinajstić information content (AvgIpc) is 2.85. The van der Waals surface area contributed by atoms with Gasteiger partial charge in [0.15, 0.2) is 0 Å². The van der Waals surface area contributed by atoms with E-state index in [9.17, 15) is 9.90 Å². The van der Waals surface area contributed by atoms with Crippen molar-refractivity contribution in [3.05, 3.63) is 23.8 Å². The van der Waals surface area contributed by atoms with Crippen molar-refractivity contribution >= 4 is 24.0 Å². The van der Waals surface area contributed by atoms with Crippen LogP contribution in [0.1, 0.15) is 25.3 Å². The van der Waals surface area contributed by atoms with E-state index < -0.39 is 0 Å². The van der Waals surface area contributed by atoms with Gasteiger partial charge < -0.3 is 15.7 Å². The second-order valence-electron chi connectivity index (χ2n) is 4.34. The molecule has 1 amide bonds. The third-order valence-electron chi connectivity index (χ3n) is 3.10. The monoisotopic (exact) mass is 270 g/mol. The molecule has 1 saturated heterocycles. The molecule has 1 fully saturated rings. The van der Waals surface area contributed by atoms with Gasteiger partial charge in [-0.25, -0.2) is 0 Å². The molecule has 0 aliphatic carbocycles. The summed E-state index contributed by atoms with van der Waals surface area (Å²) in [4.78, 5) is 11.9. The standard InChI is InChI=1S/C13H18N2O2.ClH/c1-2-9-5-6-12(16)11(8-9)15-13(17)10-4-3-7-14-10;/h5-6,8,10,14,16H,2-4,7H2,1H3,(H,15,17);1H. The number of hydrogen-bond donors (Lipinski definition) is 3. The van der Waals surface area contributed by atoms with Crippen LogP contribution in [0.4, 0.5) is 5.69 Å². The fourth-order valence-electron chi connectivity index (χ4n) is 2.03. The summed E-state index contributed by atoms with van der Waals surface area (Å²) >= 11 is 0. The Bertz CT molecular complexity index is 417. The molecule has 1 aromatic carbocycles. The highest BCUT2D eigenvalue weighted by atomic mass is 35.5. The van der Waals surface area contributed by atoms with E-state index in [1.807, 2.05) is 19.1 Å². The first kappa shape index (κ1) is 14.8. The second-order valence-corrected chi connectivity index (χ2v) is 4.34. The zero-order valence-corrected chi connectivity index (χ0v) is 11.2. The highest BCUT2D eigenvalue weighted by Crippen LogP contribution is 2.25. The van der Waals surface area contributed by atoms with Crippen LogP contribution in [0.25, 0.3) is 0 Å². The highest BCUT2D eigenvalue weighted by molar-refractivity contribution is 5.96. The van der Waals surface area contributed by atoms with Crippen molar-refractivity contribution < 1.29 is 9.90 Å². The number of halogens is 1. The fourth-order valence-corrected chi connectivity index (χ4v) is 2.03. The van der Waals surface area contributed by atoms with Gasteiger partial charge in [0, 0.05) is 0 Å². The molecular formula is C13H19ClN2O2. The number of nitrogens with one attached hydrogen (secondary N) is 2. The Hall–Kier alpha value is -1.26. The molecule has 1 aromatic rings. The van der Waals surface area contributed by atoms with E-state index >= 15 is 0 Å². The lowest BCUT2D eigenvalue weighted by Gasteiger charge is -2.13. The number of phenols is 1. The van der Waals surface area contributed by atoms with Crippen LogP contribution in [0.2, 0.25) is 0 Å². The van der Waals surface area contributed by atoms with E-state index in [0.29, 0.717) is 5.69 Å². The Balaban J connectivity index is 0.00000162. The first-order valence-electron chi connectivity index (χ1n) is 6.07. The summed E-state index contributed by atoms with van der Waals surface area (Å²) in [5.74, 6) is 0.0552. The summed E-state index contributed by atoms with van der Waals surface area (Å²) in [6.45, 7) is 2.93. The summed E-state index contributed by atoms with van der Waals surface area (Å²) in [7, 11) is 0. The molecule has 0 aromatic heterocycles. The van der Waals surface area contributed by atoms with Crippen molar-refractivity contribution in [2.24, 2.45) is 0 Å². The Morgan fingerprint density at radius 3 is 2.94 bits per heavy atom. The molecule has 1 aliphatic heterocycles. The third-order valence-corrected chi connectivity index (χ3v) is 3.10. The van der Waals surface area contributed by atoms with Gasteiger partial charge in [-0.1, -0.05) is 13.0 Å². The molecule has 1 unspecified atom stereocenters. The van der Waals surface area contributed by atoms with Gasteiger partial charge in [0.2, 0.25) is 5.91 Å². The molecule has 1 heterocycles. The fraction of sp³-hybridized carbons (Fsp3) is 0.462. The van der Waals surface area contributed by atoms with Gasteiger partial charge >= 0.3 is 0 Å². The Labute approximate surface area is 113 Å². The molecule has 1 atom stereocenters. The van der Waals surface area contributed by atoms with E-state index in [4.69, 9.17) is 0 Å². The molecule has 1 aliphatic rings. The topological polar surface area (TPSA) is 61.4 Å². The number of aryl methyl sites for hydroxylation is 1. The lowest BCUT2D eigenvalue weighted by Crippen LogP contribution is -2.35. The number of hydrogen-bond acceptors (Lipinski definition) is 3. The summed E-state index contributed by atoms with van der Waals surface area (Å²) in [6.07, 6.45) is 2.77. The second kappa shape index (κ2) is 6.61. The molecule has 4 nitrogen and oxygen atoms in total. The van der Waals surface area contributed by atoms with Crippen LogP contribution in [-0.4, -0.2) is 23.6 Å². The minimum atomic E-state index is -0.125. The third kappa shape index (κ3) is 3.37. The van der Waals surface area contributed by atoms with E-state index in [-0.39, 0.29) is 30.1 Å². The number of carbonyl (C=O) groups is 1. The first-order chi connectivity index (χ1) is 8.20. The van der Waals surface area contributed by atoms with Crippen molar-refractivity contribution in [1.29, 1.82) is 0 Å². The van der Waals surface area contributed by atoms with Crippen LogP contribution < -0.4 is 10.6 Å². The molecule has 18 heavy (non-hydrogen) atoms. The highest BCUT2D eigenvalue weighted by Gasteiger charge is 2.22. The minimum absolute atomic E-state index is 0. The van der Waals surface area contributed by atoms with Crippen LogP contribution in [0.5, 0.6) is 5.75 Å². The lowest BCUT2D eigenvalue weighted by molar-refractivity contribution is -0.117. The number of amides is 1. The maximum atomic E-state index is 11.9. The van der Waals surface area contributed by atoms with Gasteiger partial charge in [-0.05, 0) is 43.5 Å². The zero-order valence-electron chi connectivity index (χ0n) is 10.4. The van der Waals surface area contributed by atoms with Crippen molar-refractivity contribution in [1.82, 2.24) is 5.32 Å². The summed E-state index contributed by atoms with van der Waals surface area (Å²) in [5.41, 5.74) is 1.60. The maximum Gasteiger partial charge on any atom is 0.241 e. The van der Waals surface area contributed by atoms with Gasteiger partial charge in [0.05, 0.1) is 11.7 Å². The van der Waals surface area contributed by atoms with Gasteiger partial charge in [-0.3, -0.25) is 4.79 Å². The average molecular weight is 271 g/mol. The summed E-state index contributed by atoms with van der Waals surface area (Å²) < 4.78 is 0. The van der Waals surface area contributed by atoms with E-state index in [0.717, 1.165) is 31.4 Å². The molecule has 0 saturated carbocycles. The summed E-state index contributed by atoms with van der Waals surface area (Å²) in [6, 6.07) is 5.18. The van der Waals surface area contributed by atoms with Crippen LogP contribution in [0, 0.1) is 0 Å². The number of anilines is 1. The molecule has 2 rings (SSSR count). The van der Waals surface area contributed by atoms with Crippen LogP contribution in [0.3, 0.4) is 0 Å². The molecule has 3 N–H and O–H groups in total. The number of rotatable bonds is 3. The number of phenolic OH excluding ortho intramolecular Hbond substituents is 1. The van der Waals surface area contributed by atoms with E-state index in [2.05, 4.69) is 10.6 Å². The number of carbonyl (C=O) groups excluding carboxylic acids is 1. The van der Waals surface area contributed by atoms with Gasteiger partial charge in [-0.15, -0.1) is 12.4 Å². The summed E-state index contributed by atoms with van der Waals surface area (Å²) in [5, 5.41) is 15.6. The molecule has 0 spiro atoms. The van der Waals surface area contributed by atoms with Crippen molar-refractivity contribution in [3.8, 4) is 5.75 Å². The Kier molecular flexibility index (Phi) is 5.44. The van der Waals surface area contributed by atoms with Crippen LogP contribution >= 0.6 is 12.4 Å². The molecular weight excluding hydrogens is 252 g/mol. The molecule has 100 valence electrons. The SMILES string of the molecule is CCc1ccc(O)c(NC(=O)C2CCCN2)c1.Cl. The smallest absolute Gasteiger partial charge is 0.241 e. The predicted octanol–water partition coefficient (Wildman–Crippen LogP) is 2.07. The quantitative estimate of drug-likeness (QED) is 0.737. The largest absolute Gasteiger partial charge is 0.506 e. The molecule has 5 heteroatoms. The molecule has 0 bridgehead atoms. The van der Waals surface area contributed by atoms with Crippen molar-refractivity contribution in [3.63, 3.8) is 0 Å². The number of benzene rings is 1. The molecule has 0 radical (unpaired) electrons. The first-order valence-corrected chi connectivity index (χ1v) is 6.07. The zero-order chi connectivity index (χ0) is 12.3. The number of aromatic hydroxyl groups is 1. The van der Waals surface area contributed by atoms with Crippen LogP contribution in [-0.2, 0) is 11.2 Å². The van der Waals surface area contributed by atoms with Gasteiger partial charge in [-0.2, -0.15) is 0 Å². The van der Waals surface area contributed by atoms with Gasteiger partial charge in [0.25, 0.3) is 0 Å². The Morgan fingerprint density at radius 1 is 1.56 bits per heavy atom. The lowest BCUT2D eigenvalue weighted by atomic mass is 10.1. The maximum absolute atomic E-state index is 11.9. The normalized spacial score (nSPS) is 18.2. The van der Waals surface area contributed by atoms with E-state index in [1.165, 1.54) is 0 Å². The van der Waals surface area contributed by atoms with Crippen molar-refractivity contribution in [2.45, 2.75) is 32.2 Å². The van der Waals surface area contributed by atoms with Crippen molar-refractivity contribution in [2.75, 3.05) is 11.9 Å². The van der Waals surface area contributed by atoms with Gasteiger partial charge in [0.1, 0.15) is 5.75 Å². The minimum Gasteiger partial charge on any atom is -0.506 e. The predicted molar refractivity (Wildman–Crippen MR) is 74.4 cm³/mol.